The predicted octanol–water partition coefficient (Wildman–Crippen LogP) is 3.34. The van der Waals surface area contributed by atoms with E-state index in [0.717, 1.165) is 35.6 Å². The van der Waals surface area contributed by atoms with Gasteiger partial charge in [0.05, 0.1) is 5.69 Å². The summed E-state index contributed by atoms with van der Waals surface area (Å²) in [5.74, 6) is -0.878. The normalized spacial score (nSPS) is 10.7. The highest BCUT2D eigenvalue weighted by atomic mass is 16.3. The molecule has 0 aliphatic carbocycles. The second-order valence-electron chi connectivity index (χ2n) is 6.49. The molecule has 0 atom stereocenters. The molecule has 6 nitrogen and oxygen atoms in total. The van der Waals surface area contributed by atoms with Crippen LogP contribution in [0.25, 0.3) is 5.69 Å². The van der Waals surface area contributed by atoms with Crippen molar-refractivity contribution < 1.29 is 9.90 Å². The minimum Gasteiger partial charge on any atom is -0.505 e. The molecule has 6 heteroatoms. The lowest BCUT2D eigenvalue weighted by molar-refractivity contribution is 0.0943. The van der Waals surface area contributed by atoms with E-state index < -0.39 is 17.2 Å². The first kappa shape index (κ1) is 19.7. The number of nitrogens with zero attached hydrogens (tertiary/aromatic N) is 2. The molecule has 26 heavy (non-hydrogen) atoms. The summed E-state index contributed by atoms with van der Waals surface area (Å²) in [5, 5.41) is 16.8. The van der Waals surface area contributed by atoms with Gasteiger partial charge in [0, 0.05) is 12.6 Å². The Morgan fingerprint density at radius 3 is 2.62 bits per heavy atom. The summed E-state index contributed by atoms with van der Waals surface area (Å²) in [6.45, 7) is 4.61. The third-order valence-corrected chi connectivity index (χ3v) is 4.19. The van der Waals surface area contributed by atoms with Crippen LogP contribution in [0, 0.1) is 6.92 Å². The van der Waals surface area contributed by atoms with Gasteiger partial charge < -0.3 is 10.4 Å². The van der Waals surface area contributed by atoms with Gasteiger partial charge in [-0.1, -0.05) is 51.2 Å². The van der Waals surface area contributed by atoms with Crippen molar-refractivity contribution in [1.29, 1.82) is 0 Å². The lowest BCUT2D eigenvalue weighted by Crippen LogP contribution is -2.29. The quantitative estimate of drug-likeness (QED) is 0.674. The Labute approximate surface area is 153 Å². The number of aryl methyl sites for hydroxylation is 1. The Morgan fingerprint density at radius 1 is 1.15 bits per heavy atom. The van der Waals surface area contributed by atoms with Crippen molar-refractivity contribution >= 4 is 5.91 Å². The first-order valence-electron chi connectivity index (χ1n) is 9.21. The zero-order chi connectivity index (χ0) is 18.9. The van der Waals surface area contributed by atoms with Gasteiger partial charge in [0.15, 0.2) is 11.4 Å². The SMILES string of the molecule is CCCCCCCCNC(=O)c1nn(-c2cccc(C)c2)c(=O)cc1O. The summed E-state index contributed by atoms with van der Waals surface area (Å²) in [6, 6.07) is 8.27. The van der Waals surface area contributed by atoms with Crippen molar-refractivity contribution in [2.45, 2.75) is 52.4 Å². The maximum Gasteiger partial charge on any atom is 0.275 e. The van der Waals surface area contributed by atoms with Crippen molar-refractivity contribution in [3.05, 3.63) is 51.9 Å². The van der Waals surface area contributed by atoms with E-state index >= 15 is 0 Å². The Balaban J connectivity index is 2.03. The number of unbranched alkanes of at least 4 members (excludes halogenated alkanes) is 5. The largest absolute Gasteiger partial charge is 0.505 e. The number of nitrogens with one attached hydrogen (secondary N) is 1. The van der Waals surface area contributed by atoms with Gasteiger partial charge in [0.1, 0.15) is 0 Å². The highest BCUT2D eigenvalue weighted by Crippen LogP contribution is 2.13. The van der Waals surface area contributed by atoms with Crippen molar-refractivity contribution in [3.8, 4) is 11.4 Å². The molecule has 0 unspecified atom stereocenters. The van der Waals surface area contributed by atoms with Crippen LogP contribution in [0.15, 0.2) is 35.1 Å². The van der Waals surface area contributed by atoms with Crippen LogP contribution in [0.2, 0.25) is 0 Å². The number of hydrogen-bond donors (Lipinski definition) is 2. The molecule has 2 N–H and O–H groups in total. The molecule has 0 aliphatic heterocycles. The summed E-state index contributed by atoms with van der Waals surface area (Å²) in [6.07, 6.45) is 6.76. The lowest BCUT2D eigenvalue weighted by Gasteiger charge is -2.10. The second-order valence-corrected chi connectivity index (χ2v) is 6.49. The van der Waals surface area contributed by atoms with Crippen molar-refractivity contribution in [2.75, 3.05) is 6.54 Å². The molecule has 0 aliphatic rings. The molecule has 2 rings (SSSR count). The number of carbonyl (C=O) groups excluding carboxylic acids is 1. The van der Waals surface area contributed by atoms with E-state index in [4.69, 9.17) is 0 Å². The molecule has 0 bridgehead atoms. The zero-order valence-corrected chi connectivity index (χ0v) is 15.5. The fourth-order valence-electron chi connectivity index (χ4n) is 2.74. The summed E-state index contributed by atoms with van der Waals surface area (Å²) < 4.78 is 1.13. The van der Waals surface area contributed by atoms with E-state index in [9.17, 15) is 14.7 Å². The summed E-state index contributed by atoms with van der Waals surface area (Å²) >= 11 is 0. The molecular formula is C20H27N3O3. The smallest absolute Gasteiger partial charge is 0.275 e. The number of amides is 1. The number of benzene rings is 1. The minimum atomic E-state index is -0.486. The van der Waals surface area contributed by atoms with Gasteiger partial charge in [-0.2, -0.15) is 9.78 Å². The van der Waals surface area contributed by atoms with Crippen LogP contribution < -0.4 is 10.9 Å². The fraction of sp³-hybridized carbons (Fsp3) is 0.450. The molecular weight excluding hydrogens is 330 g/mol. The highest BCUT2D eigenvalue weighted by molar-refractivity contribution is 5.94. The van der Waals surface area contributed by atoms with Crippen LogP contribution in [0.4, 0.5) is 0 Å². The second kappa shape index (κ2) is 9.75. The Kier molecular flexibility index (Phi) is 7.38. The van der Waals surface area contributed by atoms with Gasteiger partial charge >= 0.3 is 0 Å². The summed E-state index contributed by atoms with van der Waals surface area (Å²) in [4.78, 5) is 24.4. The van der Waals surface area contributed by atoms with Crippen LogP contribution >= 0.6 is 0 Å². The van der Waals surface area contributed by atoms with Gasteiger partial charge in [0.25, 0.3) is 11.5 Å². The van der Waals surface area contributed by atoms with Gasteiger partial charge in [-0.15, -0.1) is 0 Å². The average Bonchev–Trinajstić information content (AvgIpc) is 2.61. The number of hydrogen-bond acceptors (Lipinski definition) is 4. The highest BCUT2D eigenvalue weighted by Gasteiger charge is 2.16. The van der Waals surface area contributed by atoms with Crippen LogP contribution in [-0.4, -0.2) is 27.3 Å². The molecule has 0 spiro atoms. The van der Waals surface area contributed by atoms with E-state index in [-0.39, 0.29) is 5.69 Å². The summed E-state index contributed by atoms with van der Waals surface area (Å²) in [7, 11) is 0. The van der Waals surface area contributed by atoms with E-state index in [1.807, 2.05) is 19.1 Å². The zero-order valence-electron chi connectivity index (χ0n) is 15.5. The third-order valence-electron chi connectivity index (χ3n) is 4.19. The Hall–Kier alpha value is -2.63. The molecule has 140 valence electrons. The average molecular weight is 357 g/mol. The van der Waals surface area contributed by atoms with Crippen LogP contribution in [0.3, 0.4) is 0 Å². The van der Waals surface area contributed by atoms with Gasteiger partial charge in [-0.3, -0.25) is 9.59 Å². The van der Waals surface area contributed by atoms with Crippen LogP contribution in [0.5, 0.6) is 5.75 Å². The minimum absolute atomic E-state index is 0.142. The maximum absolute atomic E-state index is 12.3. The maximum atomic E-state index is 12.3. The van der Waals surface area contributed by atoms with Crippen LogP contribution in [-0.2, 0) is 0 Å². The number of rotatable bonds is 9. The third kappa shape index (κ3) is 5.44. The van der Waals surface area contributed by atoms with E-state index in [2.05, 4.69) is 17.3 Å². The molecule has 1 amide bonds. The molecule has 1 aromatic carbocycles. The number of aromatic hydroxyl groups is 1. The van der Waals surface area contributed by atoms with Gasteiger partial charge in [0.2, 0.25) is 0 Å². The number of aromatic nitrogens is 2. The van der Waals surface area contributed by atoms with E-state index in [1.165, 1.54) is 19.3 Å². The first-order valence-corrected chi connectivity index (χ1v) is 9.21. The van der Waals surface area contributed by atoms with Crippen molar-refractivity contribution in [3.63, 3.8) is 0 Å². The Morgan fingerprint density at radius 2 is 1.88 bits per heavy atom. The van der Waals surface area contributed by atoms with Crippen molar-refractivity contribution in [1.82, 2.24) is 15.1 Å². The standard InChI is InChI=1S/C20H27N3O3/c1-3-4-5-6-7-8-12-21-20(26)19-17(24)14-18(25)23(22-19)16-11-9-10-15(2)13-16/h9-11,13-14,24H,3-8,12H2,1-2H3,(H,21,26). The number of carbonyl (C=O) groups is 1. The van der Waals surface area contributed by atoms with E-state index in [0.29, 0.717) is 12.2 Å². The van der Waals surface area contributed by atoms with E-state index in [1.54, 1.807) is 12.1 Å². The molecule has 0 saturated carbocycles. The molecule has 1 heterocycles. The molecule has 0 saturated heterocycles. The molecule has 0 fully saturated rings. The molecule has 2 aromatic rings. The first-order chi connectivity index (χ1) is 12.5. The predicted molar refractivity (Wildman–Crippen MR) is 102 cm³/mol. The van der Waals surface area contributed by atoms with Crippen molar-refractivity contribution in [2.24, 2.45) is 0 Å². The monoisotopic (exact) mass is 357 g/mol. The topological polar surface area (TPSA) is 84.2 Å². The Bertz CT molecular complexity index is 799. The molecule has 0 radical (unpaired) electrons. The summed E-state index contributed by atoms with van der Waals surface area (Å²) in [5.41, 5.74) is 0.899. The lowest BCUT2D eigenvalue weighted by atomic mass is 10.1. The fourth-order valence-corrected chi connectivity index (χ4v) is 2.74. The van der Waals surface area contributed by atoms with Crippen LogP contribution in [0.1, 0.15) is 61.5 Å². The van der Waals surface area contributed by atoms with Gasteiger partial charge in [-0.05, 0) is 31.0 Å². The van der Waals surface area contributed by atoms with Gasteiger partial charge in [-0.25, -0.2) is 0 Å². The molecule has 1 aromatic heterocycles.